The van der Waals surface area contributed by atoms with Gasteiger partial charge in [-0.1, -0.05) is 82.6 Å². The minimum absolute atomic E-state index is 0.0238. The van der Waals surface area contributed by atoms with Crippen LogP contribution in [0, 0.1) is 29.1 Å². The largest absolute Gasteiger partial charge is 0.495 e. The number of nitrogens with one attached hydrogen (secondary N) is 3. The molecule has 2 aromatic carbocycles. The number of ketones is 2. The van der Waals surface area contributed by atoms with Crippen LogP contribution in [0.3, 0.4) is 0 Å². The van der Waals surface area contributed by atoms with Crippen LogP contribution in [0.15, 0.2) is 54.6 Å². The van der Waals surface area contributed by atoms with E-state index in [1.807, 2.05) is 45.0 Å². The van der Waals surface area contributed by atoms with E-state index in [4.69, 9.17) is 49.5 Å². The van der Waals surface area contributed by atoms with Crippen LogP contribution < -0.4 is 20.7 Å². The van der Waals surface area contributed by atoms with E-state index >= 15 is 0 Å². The average Bonchev–Trinajstić information content (AvgIpc) is 2.72. The number of aryl methyl sites for hydroxylation is 1. The highest BCUT2D eigenvalue weighted by Gasteiger charge is 2.48. The number of carboxylic acids is 1. The molecular weight excluding hydrogens is 1140 g/mol. The van der Waals surface area contributed by atoms with Gasteiger partial charge in [0, 0.05) is 70.7 Å². The van der Waals surface area contributed by atoms with Crippen molar-refractivity contribution in [1.29, 1.82) is 0 Å². The third-order valence-electron chi connectivity index (χ3n) is 14.9. The number of carbonyl (C=O) groups excluding carboxylic acids is 8. The van der Waals surface area contributed by atoms with Crippen LogP contribution in [-0.2, 0) is 89.2 Å². The van der Waals surface area contributed by atoms with Crippen molar-refractivity contribution in [3.05, 3.63) is 76.3 Å². The number of ether oxygens (including phenoxy) is 8. The molecule has 4 N–H and O–H groups in total. The van der Waals surface area contributed by atoms with Crippen LogP contribution in [-0.4, -0.2) is 174 Å². The standard InChI is InChI=1S/C63H91ClN4O18/c1-39(2)34-53-61(77)84-51(12-11-13-54(71)67-49(36-44-17-21-52(80-10)48(64)35-44)60(76)65-38-63(7,8)62(78)85-53)41(5)57-58(86-57)45-18-14-43(15-19-45)16-20-50(70)42(6)66-59(75)47(40(3)4)37-46(69)22-25-68(26-23-56(73)74)55(72)24-27-81-30-31-83-33-32-82-29-28-79-9/h11,13-15,17-19,21,35,39-42,47,49,51,53,57-58H,12,16,20,22-34,36-38H2,1-10H3,(H,65,76)(H,66,75)(H,67,71)(H,73,74)/b13-11+/t41-,42-,47-,49-,51-,53-,57+,58+/m0/s1. The lowest BCUT2D eigenvalue weighted by Gasteiger charge is -2.29. The number of hydrogen-bond acceptors (Lipinski definition) is 17. The van der Waals surface area contributed by atoms with Crippen molar-refractivity contribution in [2.45, 2.75) is 150 Å². The normalized spacial score (nSPS) is 20.6. The Labute approximate surface area is 510 Å². The second kappa shape index (κ2) is 36.8. The Kier molecular flexibility index (Phi) is 30.8. The average molecular weight is 1230 g/mol. The van der Waals surface area contributed by atoms with Gasteiger partial charge in [0.2, 0.25) is 23.6 Å². The number of Topliss-reactive ketones (excluding diaryl/α,β-unsaturated/α-hetero) is 2. The Hall–Kier alpha value is -6.30. The van der Waals surface area contributed by atoms with E-state index in [1.54, 1.807) is 66.0 Å². The van der Waals surface area contributed by atoms with Gasteiger partial charge >= 0.3 is 17.9 Å². The lowest BCUT2D eigenvalue weighted by Crippen LogP contribution is -2.51. The number of nitrogens with zero attached hydrogens (tertiary/aromatic N) is 1. The zero-order valence-electron chi connectivity index (χ0n) is 51.6. The van der Waals surface area contributed by atoms with Gasteiger partial charge in [0.15, 0.2) is 11.9 Å². The molecule has 0 aromatic heterocycles. The van der Waals surface area contributed by atoms with E-state index in [2.05, 4.69) is 16.0 Å². The first-order valence-electron chi connectivity index (χ1n) is 29.6. The molecular formula is C63H91ClN4O18. The zero-order chi connectivity index (χ0) is 63.5. The molecule has 2 heterocycles. The molecule has 0 saturated carbocycles. The Morgan fingerprint density at radius 3 is 2.07 bits per heavy atom. The van der Waals surface area contributed by atoms with Gasteiger partial charge < -0.3 is 63.9 Å². The minimum atomic E-state index is -1.28. The summed E-state index contributed by atoms with van der Waals surface area (Å²) in [7, 11) is 3.07. The highest BCUT2D eigenvalue weighted by molar-refractivity contribution is 6.32. The van der Waals surface area contributed by atoms with Crippen molar-refractivity contribution in [3.63, 3.8) is 0 Å². The molecule has 8 atom stereocenters. The molecule has 23 heteroatoms. The van der Waals surface area contributed by atoms with Gasteiger partial charge in [-0.3, -0.25) is 38.4 Å². The molecule has 22 nitrogen and oxygen atoms in total. The van der Waals surface area contributed by atoms with Gasteiger partial charge in [0.25, 0.3) is 0 Å². The van der Waals surface area contributed by atoms with Crippen LogP contribution in [0.1, 0.15) is 123 Å². The first kappa shape index (κ1) is 72.2. The summed E-state index contributed by atoms with van der Waals surface area (Å²) in [5.74, 6) is -6.06. The number of benzene rings is 2. The Bertz CT molecular complexity index is 2590. The maximum absolute atomic E-state index is 14.0. The number of cyclic esters (lactones) is 2. The molecule has 0 bridgehead atoms. The number of hydrogen-bond donors (Lipinski definition) is 4. The first-order valence-corrected chi connectivity index (χ1v) is 30.0. The summed E-state index contributed by atoms with van der Waals surface area (Å²) in [6, 6.07) is 10.7. The van der Waals surface area contributed by atoms with Crippen molar-refractivity contribution in [2.75, 3.05) is 80.1 Å². The molecule has 4 amide bonds. The molecule has 0 unspecified atom stereocenters. The monoisotopic (exact) mass is 1230 g/mol. The molecule has 2 aliphatic rings. The number of rotatable bonds is 35. The smallest absolute Gasteiger partial charge is 0.347 e. The maximum Gasteiger partial charge on any atom is 0.347 e. The fourth-order valence-electron chi connectivity index (χ4n) is 9.41. The van der Waals surface area contributed by atoms with Gasteiger partial charge in [0.05, 0.1) is 88.8 Å². The Morgan fingerprint density at radius 1 is 0.814 bits per heavy atom. The van der Waals surface area contributed by atoms with Crippen LogP contribution >= 0.6 is 11.6 Å². The van der Waals surface area contributed by atoms with E-state index in [9.17, 15) is 48.3 Å². The Morgan fingerprint density at radius 2 is 1.45 bits per heavy atom. The summed E-state index contributed by atoms with van der Waals surface area (Å²) < 4.78 is 44.7. The van der Waals surface area contributed by atoms with E-state index in [1.165, 1.54) is 18.1 Å². The van der Waals surface area contributed by atoms with Crippen molar-refractivity contribution < 1.29 is 86.2 Å². The van der Waals surface area contributed by atoms with E-state index in [0.717, 1.165) is 11.1 Å². The van der Waals surface area contributed by atoms with Crippen LogP contribution in [0.25, 0.3) is 0 Å². The molecule has 0 radical (unpaired) electrons. The molecule has 4 rings (SSSR count). The van der Waals surface area contributed by atoms with Crippen molar-refractivity contribution in [2.24, 2.45) is 29.1 Å². The summed E-state index contributed by atoms with van der Waals surface area (Å²) in [5, 5.41) is 18.0. The second-order valence-corrected chi connectivity index (χ2v) is 23.6. The molecule has 86 heavy (non-hydrogen) atoms. The van der Waals surface area contributed by atoms with E-state index in [0.29, 0.717) is 55.8 Å². The van der Waals surface area contributed by atoms with Crippen molar-refractivity contribution >= 4 is 64.7 Å². The minimum Gasteiger partial charge on any atom is -0.495 e. The predicted molar refractivity (Wildman–Crippen MR) is 318 cm³/mol. The summed E-state index contributed by atoms with van der Waals surface area (Å²) >= 11 is 6.39. The third kappa shape index (κ3) is 25.2. The van der Waals surface area contributed by atoms with Crippen LogP contribution in [0.5, 0.6) is 5.75 Å². The first-order chi connectivity index (χ1) is 40.8. The molecule has 478 valence electrons. The predicted octanol–water partition coefficient (Wildman–Crippen LogP) is 6.14. The topological polar surface area (TPSA) is 290 Å². The number of carboxylic acid groups (broad SMARTS) is 1. The molecule has 1 fully saturated rings. The number of amides is 4. The Balaban J connectivity index is 1.33. The number of epoxide rings is 1. The summed E-state index contributed by atoms with van der Waals surface area (Å²) in [5.41, 5.74) is 1.07. The second-order valence-electron chi connectivity index (χ2n) is 23.2. The fourth-order valence-corrected chi connectivity index (χ4v) is 9.69. The fraction of sp³-hybridized carbons (Fsp3) is 0.635. The number of halogens is 1. The lowest BCUT2D eigenvalue weighted by molar-refractivity contribution is -0.179. The number of carbonyl (C=O) groups is 9. The van der Waals surface area contributed by atoms with Gasteiger partial charge in [0.1, 0.15) is 29.8 Å². The van der Waals surface area contributed by atoms with E-state index in [-0.39, 0.29) is 120 Å². The van der Waals surface area contributed by atoms with Crippen molar-refractivity contribution in [3.8, 4) is 5.75 Å². The molecule has 0 spiro atoms. The van der Waals surface area contributed by atoms with Gasteiger partial charge in [-0.15, -0.1) is 0 Å². The third-order valence-corrected chi connectivity index (χ3v) is 15.2. The SMILES string of the molecule is COCCOCCOCCOCCC(=O)N(CCC(=O)O)CCC(=O)C[C@H](C(=O)N[C@@H](C)C(=O)CCc1ccc([C@H]2O[C@@H]2[C@@H](C)[C@@H]2C/C=C/C(=O)N[C@@H](Cc3ccc(OC)c(Cl)c3)C(=O)NCC(C)(C)C(=O)O[C@@H](CC(C)C)C(=O)O2)cc1)C(C)C. The lowest BCUT2D eigenvalue weighted by atomic mass is 9.88. The molecule has 0 aliphatic carbocycles. The summed E-state index contributed by atoms with van der Waals surface area (Å²) in [4.78, 5) is 121. The van der Waals surface area contributed by atoms with Crippen molar-refractivity contribution in [1.82, 2.24) is 20.9 Å². The highest BCUT2D eigenvalue weighted by atomic mass is 35.5. The number of methoxy groups -OCH3 is 2. The molecule has 1 saturated heterocycles. The van der Waals surface area contributed by atoms with Crippen LogP contribution in [0.2, 0.25) is 5.02 Å². The molecule has 2 aliphatic heterocycles. The number of aliphatic carboxylic acids is 1. The molecule has 2 aromatic rings. The zero-order valence-corrected chi connectivity index (χ0v) is 52.4. The van der Waals surface area contributed by atoms with Gasteiger partial charge in [-0.05, 0) is 80.3 Å². The highest BCUT2D eigenvalue weighted by Crippen LogP contribution is 2.45. The van der Waals surface area contributed by atoms with Gasteiger partial charge in [-0.25, -0.2) is 4.79 Å². The van der Waals surface area contributed by atoms with Gasteiger partial charge in [-0.2, -0.15) is 0 Å². The van der Waals surface area contributed by atoms with E-state index < -0.39 is 83.3 Å². The quantitative estimate of drug-likeness (QED) is 0.0342. The summed E-state index contributed by atoms with van der Waals surface area (Å²) in [6.07, 6.45) is 0.232. The van der Waals surface area contributed by atoms with Crippen LogP contribution in [0.4, 0.5) is 0 Å². The maximum atomic E-state index is 14.0. The summed E-state index contributed by atoms with van der Waals surface area (Å²) in [6.45, 7) is 16.1. The number of esters is 2.